The second-order valence-electron chi connectivity index (χ2n) is 5.17. The molecule has 0 bridgehead atoms. The van der Waals surface area contributed by atoms with Crippen LogP contribution in [0.3, 0.4) is 0 Å². The summed E-state index contributed by atoms with van der Waals surface area (Å²) in [5.41, 5.74) is 3.95. The maximum Gasteiger partial charge on any atom is 0.0487 e. The summed E-state index contributed by atoms with van der Waals surface area (Å²) in [6.45, 7) is 4.93. The number of para-hydroxylation sites is 1. The van der Waals surface area contributed by atoms with Gasteiger partial charge in [-0.25, -0.2) is 0 Å². The van der Waals surface area contributed by atoms with Crippen LogP contribution in [0.25, 0.3) is 10.9 Å². The van der Waals surface area contributed by atoms with E-state index >= 15 is 0 Å². The highest BCUT2D eigenvalue weighted by Gasteiger charge is 2.09. The van der Waals surface area contributed by atoms with E-state index in [-0.39, 0.29) is 0 Å². The Morgan fingerprint density at radius 1 is 1.00 bits per heavy atom. The lowest BCUT2D eigenvalue weighted by molar-refractivity contribution is 0.724. The fourth-order valence-electron chi connectivity index (χ4n) is 2.66. The number of aromatic nitrogens is 1. The molecule has 21 heavy (non-hydrogen) atoms. The highest BCUT2D eigenvalue weighted by Crippen LogP contribution is 2.24. The first-order valence-corrected chi connectivity index (χ1v) is 8.09. The molecule has 0 unspecified atom stereocenters. The van der Waals surface area contributed by atoms with Gasteiger partial charge in [-0.3, -0.25) is 0 Å². The minimum Gasteiger partial charge on any atom is -0.343 e. The van der Waals surface area contributed by atoms with Crippen molar-refractivity contribution in [2.24, 2.45) is 0 Å². The van der Waals surface area contributed by atoms with Crippen molar-refractivity contribution in [3.8, 4) is 0 Å². The molecule has 2 nitrogen and oxygen atoms in total. The summed E-state index contributed by atoms with van der Waals surface area (Å²) in [4.78, 5) is 0. The standard InChI is InChI=1S/C18H19BrN2/c1-2-20-11-15-13-21(18-10-6-4-8-16(15)18)12-14-7-3-5-9-17(14)19/h3-10,13,20H,2,11-12H2,1H3. The fraction of sp³-hybridized carbons (Fsp3) is 0.222. The molecule has 1 heterocycles. The van der Waals surface area contributed by atoms with Crippen molar-refractivity contribution < 1.29 is 0 Å². The number of halogens is 1. The predicted octanol–water partition coefficient (Wildman–Crippen LogP) is 4.56. The Labute approximate surface area is 133 Å². The molecule has 3 rings (SSSR count). The van der Waals surface area contributed by atoms with Gasteiger partial charge in [0.15, 0.2) is 0 Å². The minimum atomic E-state index is 0.883. The first kappa shape index (κ1) is 14.4. The fourth-order valence-corrected chi connectivity index (χ4v) is 3.07. The molecule has 108 valence electrons. The summed E-state index contributed by atoms with van der Waals surface area (Å²) in [6.07, 6.45) is 2.27. The number of benzene rings is 2. The molecule has 0 saturated carbocycles. The number of nitrogens with one attached hydrogen (secondary N) is 1. The molecule has 0 aliphatic heterocycles. The Kier molecular flexibility index (Phi) is 4.42. The third-order valence-electron chi connectivity index (χ3n) is 3.74. The van der Waals surface area contributed by atoms with Crippen LogP contribution in [0.15, 0.2) is 59.2 Å². The van der Waals surface area contributed by atoms with Crippen molar-refractivity contribution in [2.45, 2.75) is 20.0 Å². The van der Waals surface area contributed by atoms with Crippen molar-refractivity contribution in [1.29, 1.82) is 0 Å². The van der Waals surface area contributed by atoms with Gasteiger partial charge in [0.2, 0.25) is 0 Å². The molecule has 0 fully saturated rings. The molecule has 0 radical (unpaired) electrons. The van der Waals surface area contributed by atoms with Crippen molar-refractivity contribution in [1.82, 2.24) is 9.88 Å². The zero-order valence-corrected chi connectivity index (χ0v) is 13.7. The van der Waals surface area contributed by atoms with E-state index < -0.39 is 0 Å². The predicted molar refractivity (Wildman–Crippen MR) is 92.6 cm³/mol. The third kappa shape index (κ3) is 3.04. The topological polar surface area (TPSA) is 17.0 Å². The van der Waals surface area contributed by atoms with Gasteiger partial charge < -0.3 is 9.88 Å². The van der Waals surface area contributed by atoms with Gasteiger partial charge in [0.05, 0.1) is 0 Å². The molecule has 0 aliphatic rings. The van der Waals surface area contributed by atoms with Crippen LogP contribution in [-0.4, -0.2) is 11.1 Å². The molecule has 3 aromatic rings. The molecular formula is C18H19BrN2. The number of fused-ring (bicyclic) bond motifs is 1. The van der Waals surface area contributed by atoms with Gasteiger partial charge in [-0.05, 0) is 29.8 Å². The minimum absolute atomic E-state index is 0.883. The van der Waals surface area contributed by atoms with Crippen LogP contribution < -0.4 is 5.32 Å². The summed E-state index contributed by atoms with van der Waals surface area (Å²) >= 11 is 3.64. The number of nitrogens with zero attached hydrogens (tertiary/aromatic N) is 1. The molecule has 0 saturated heterocycles. The van der Waals surface area contributed by atoms with E-state index in [0.717, 1.165) is 24.1 Å². The van der Waals surface area contributed by atoms with Crippen molar-refractivity contribution >= 4 is 26.8 Å². The first-order chi connectivity index (χ1) is 10.3. The summed E-state index contributed by atoms with van der Waals surface area (Å²) in [6, 6.07) is 17.0. The summed E-state index contributed by atoms with van der Waals surface area (Å²) in [7, 11) is 0. The van der Waals surface area contributed by atoms with Crippen LogP contribution in [-0.2, 0) is 13.1 Å². The van der Waals surface area contributed by atoms with E-state index in [1.807, 2.05) is 0 Å². The normalized spacial score (nSPS) is 11.1. The lowest BCUT2D eigenvalue weighted by Gasteiger charge is -2.07. The van der Waals surface area contributed by atoms with Crippen molar-refractivity contribution in [3.63, 3.8) is 0 Å². The van der Waals surface area contributed by atoms with Gasteiger partial charge in [-0.2, -0.15) is 0 Å². The zero-order valence-electron chi connectivity index (χ0n) is 12.1. The Bertz CT molecular complexity index is 746. The quantitative estimate of drug-likeness (QED) is 0.719. The third-order valence-corrected chi connectivity index (χ3v) is 4.51. The van der Waals surface area contributed by atoms with Crippen LogP contribution in [0, 0.1) is 0 Å². The second-order valence-corrected chi connectivity index (χ2v) is 6.03. The van der Waals surface area contributed by atoms with Gasteiger partial charge in [0, 0.05) is 34.7 Å². The van der Waals surface area contributed by atoms with Gasteiger partial charge >= 0.3 is 0 Å². The van der Waals surface area contributed by atoms with Gasteiger partial charge in [0.1, 0.15) is 0 Å². The number of hydrogen-bond acceptors (Lipinski definition) is 1. The van der Waals surface area contributed by atoms with Gasteiger partial charge in [-0.1, -0.05) is 59.3 Å². The van der Waals surface area contributed by atoms with Crippen LogP contribution in [0.5, 0.6) is 0 Å². The van der Waals surface area contributed by atoms with E-state index in [1.165, 1.54) is 22.0 Å². The molecule has 0 aliphatic carbocycles. The molecule has 0 atom stereocenters. The molecule has 1 N–H and O–H groups in total. The van der Waals surface area contributed by atoms with E-state index in [0.29, 0.717) is 0 Å². The molecule has 1 aromatic heterocycles. The zero-order chi connectivity index (χ0) is 14.7. The highest BCUT2D eigenvalue weighted by molar-refractivity contribution is 9.10. The Balaban J connectivity index is 2.00. The Hall–Kier alpha value is -1.58. The van der Waals surface area contributed by atoms with Crippen molar-refractivity contribution in [3.05, 3.63) is 70.3 Å². The highest BCUT2D eigenvalue weighted by atomic mass is 79.9. The molecule has 2 aromatic carbocycles. The maximum atomic E-state index is 3.64. The van der Waals surface area contributed by atoms with Crippen LogP contribution in [0.1, 0.15) is 18.1 Å². The number of hydrogen-bond donors (Lipinski definition) is 1. The summed E-state index contributed by atoms with van der Waals surface area (Å²) < 4.78 is 3.50. The molecular weight excluding hydrogens is 324 g/mol. The van der Waals surface area contributed by atoms with E-state index in [9.17, 15) is 0 Å². The Morgan fingerprint density at radius 3 is 2.57 bits per heavy atom. The van der Waals surface area contributed by atoms with Gasteiger partial charge in [0.25, 0.3) is 0 Å². The first-order valence-electron chi connectivity index (χ1n) is 7.30. The maximum absolute atomic E-state index is 3.64. The van der Waals surface area contributed by atoms with Crippen LogP contribution in [0.4, 0.5) is 0 Å². The van der Waals surface area contributed by atoms with E-state index in [1.54, 1.807) is 0 Å². The van der Waals surface area contributed by atoms with Crippen molar-refractivity contribution in [2.75, 3.05) is 6.54 Å². The summed E-state index contributed by atoms with van der Waals surface area (Å²) in [5, 5.41) is 4.76. The monoisotopic (exact) mass is 342 g/mol. The van der Waals surface area contributed by atoms with Gasteiger partial charge in [-0.15, -0.1) is 0 Å². The largest absolute Gasteiger partial charge is 0.343 e. The smallest absolute Gasteiger partial charge is 0.0487 e. The molecule has 3 heteroatoms. The number of rotatable bonds is 5. The van der Waals surface area contributed by atoms with Crippen LogP contribution in [0.2, 0.25) is 0 Å². The lowest BCUT2D eigenvalue weighted by atomic mass is 10.2. The molecule has 0 spiro atoms. The van der Waals surface area contributed by atoms with E-state index in [4.69, 9.17) is 0 Å². The average molecular weight is 343 g/mol. The van der Waals surface area contributed by atoms with E-state index in [2.05, 4.69) is 87.5 Å². The van der Waals surface area contributed by atoms with Crippen LogP contribution >= 0.6 is 15.9 Å². The Morgan fingerprint density at radius 2 is 1.76 bits per heavy atom. The second kappa shape index (κ2) is 6.46. The SMILES string of the molecule is CCNCc1cn(Cc2ccccc2Br)c2ccccc12. The molecule has 0 amide bonds. The lowest BCUT2D eigenvalue weighted by Crippen LogP contribution is -2.11. The summed E-state index contributed by atoms with van der Waals surface area (Å²) in [5.74, 6) is 0. The average Bonchev–Trinajstić information content (AvgIpc) is 2.86.